The summed E-state index contributed by atoms with van der Waals surface area (Å²) in [6, 6.07) is 0. The van der Waals surface area contributed by atoms with Crippen molar-refractivity contribution in [1.82, 2.24) is 9.97 Å². The number of rotatable bonds is 3. The van der Waals surface area contributed by atoms with Gasteiger partial charge in [-0.15, -0.1) is 0 Å². The number of hydrogen-bond acceptors (Lipinski definition) is 4. The highest BCUT2D eigenvalue weighted by Gasteiger charge is 2.45. The maximum atomic E-state index is 13.2. The van der Waals surface area contributed by atoms with E-state index in [0.717, 1.165) is 12.7 Å². The third-order valence-corrected chi connectivity index (χ3v) is 3.00. The molecule has 1 saturated carbocycles. The van der Waals surface area contributed by atoms with Crippen molar-refractivity contribution in [3.05, 3.63) is 12.0 Å². The van der Waals surface area contributed by atoms with E-state index in [0.29, 0.717) is 11.3 Å². The first-order chi connectivity index (χ1) is 6.99. The fourth-order valence-electron chi connectivity index (χ4n) is 1.65. The molecule has 1 atom stereocenters. The molecule has 0 aliphatic heterocycles. The molecule has 1 unspecified atom stereocenters. The summed E-state index contributed by atoms with van der Waals surface area (Å²) in [5.74, 6) is 0.426. The van der Waals surface area contributed by atoms with Crippen LogP contribution < -0.4 is 11.1 Å². The van der Waals surface area contributed by atoms with Crippen molar-refractivity contribution in [3.8, 4) is 0 Å². The average Bonchev–Trinajstić information content (AvgIpc) is 2.76. The minimum Gasteiger partial charge on any atom is -0.368 e. The Kier molecular flexibility index (Phi) is 2.25. The van der Waals surface area contributed by atoms with Gasteiger partial charge in [-0.1, -0.05) is 13.8 Å². The fraction of sp³-hybridized carbons (Fsp3) is 0.600. The molecule has 0 aromatic carbocycles. The van der Waals surface area contributed by atoms with Crippen LogP contribution in [0.4, 0.5) is 16.2 Å². The lowest BCUT2D eigenvalue weighted by Crippen LogP contribution is -2.11. The third-order valence-electron chi connectivity index (χ3n) is 3.00. The minimum atomic E-state index is -0.456. The molecule has 82 valence electrons. The zero-order chi connectivity index (χ0) is 11.1. The number of nitrogens with two attached hydrogens (primary N) is 1. The van der Waals surface area contributed by atoms with Crippen LogP contribution in [0.1, 0.15) is 20.3 Å². The molecule has 0 radical (unpaired) electrons. The van der Waals surface area contributed by atoms with Gasteiger partial charge in [0.05, 0.1) is 6.20 Å². The maximum Gasteiger partial charge on any atom is 0.222 e. The molecule has 2 rings (SSSR count). The quantitative estimate of drug-likeness (QED) is 0.796. The largest absolute Gasteiger partial charge is 0.368 e. The van der Waals surface area contributed by atoms with Gasteiger partial charge in [-0.3, -0.25) is 0 Å². The lowest BCUT2D eigenvalue weighted by molar-refractivity contribution is 0.569. The van der Waals surface area contributed by atoms with Crippen molar-refractivity contribution in [1.29, 1.82) is 0 Å². The highest BCUT2D eigenvalue weighted by Crippen LogP contribution is 2.51. The third kappa shape index (κ3) is 2.16. The van der Waals surface area contributed by atoms with Crippen LogP contribution in [0.5, 0.6) is 0 Å². The van der Waals surface area contributed by atoms with Crippen molar-refractivity contribution in [2.75, 3.05) is 17.6 Å². The monoisotopic (exact) mass is 210 g/mol. The lowest BCUT2D eigenvalue weighted by atomic mass is 10.1. The Morgan fingerprint density at radius 1 is 1.67 bits per heavy atom. The number of anilines is 2. The van der Waals surface area contributed by atoms with Gasteiger partial charge in [-0.2, -0.15) is 4.98 Å². The number of nitrogens with zero attached hydrogens (tertiary/aromatic N) is 2. The summed E-state index contributed by atoms with van der Waals surface area (Å²) in [6.45, 7) is 5.13. The Hall–Kier alpha value is -1.39. The lowest BCUT2D eigenvalue weighted by Gasteiger charge is -2.07. The Bertz CT molecular complexity index is 378. The van der Waals surface area contributed by atoms with Crippen LogP contribution in [-0.4, -0.2) is 16.5 Å². The molecule has 1 aromatic heterocycles. The van der Waals surface area contributed by atoms with Gasteiger partial charge < -0.3 is 11.1 Å². The van der Waals surface area contributed by atoms with E-state index < -0.39 is 5.82 Å². The van der Waals surface area contributed by atoms with Crippen LogP contribution >= 0.6 is 0 Å². The summed E-state index contributed by atoms with van der Waals surface area (Å²) in [6.07, 6.45) is 2.25. The van der Waals surface area contributed by atoms with E-state index in [2.05, 4.69) is 29.1 Å². The average molecular weight is 210 g/mol. The van der Waals surface area contributed by atoms with Gasteiger partial charge in [0.2, 0.25) is 5.95 Å². The summed E-state index contributed by atoms with van der Waals surface area (Å²) in [4.78, 5) is 7.36. The molecule has 0 spiro atoms. The van der Waals surface area contributed by atoms with E-state index in [1.807, 2.05) is 0 Å². The minimum absolute atomic E-state index is 0.0916. The van der Waals surface area contributed by atoms with E-state index in [-0.39, 0.29) is 11.8 Å². The summed E-state index contributed by atoms with van der Waals surface area (Å²) in [7, 11) is 0. The van der Waals surface area contributed by atoms with Crippen LogP contribution in [-0.2, 0) is 0 Å². The molecule has 3 N–H and O–H groups in total. The fourth-order valence-corrected chi connectivity index (χ4v) is 1.65. The van der Waals surface area contributed by atoms with Crippen LogP contribution in [0, 0.1) is 17.2 Å². The molecule has 5 heteroatoms. The Morgan fingerprint density at radius 3 is 2.93 bits per heavy atom. The highest BCUT2D eigenvalue weighted by atomic mass is 19.1. The topological polar surface area (TPSA) is 63.8 Å². The van der Waals surface area contributed by atoms with Gasteiger partial charge in [0.15, 0.2) is 11.6 Å². The van der Waals surface area contributed by atoms with Gasteiger partial charge >= 0.3 is 0 Å². The van der Waals surface area contributed by atoms with Gasteiger partial charge in [0.25, 0.3) is 0 Å². The van der Waals surface area contributed by atoms with Crippen molar-refractivity contribution < 1.29 is 4.39 Å². The molecule has 1 aliphatic rings. The van der Waals surface area contributed by atoms with Gasteiger partial charge in [0, 0.05) is 6.54 Å². The van der Waals surface area contributed by atoms with Gasteiger partial charge in [0.1, 0.15) is 0 Å². The van der Waals surface area contributed by atoms with Crippen molar-refractivity contribution in [2.45, 2.75) is 20.3 Å². The molecule has 1 aromatic rings. The Balaban J connectivity index is 1.96. The molecule has 0 amide bonds. The zero-order valence-electron chi connectivity index (χ0n) is 8.92. The smallest absolute Gasteiger partial charge is 0.222 e. The number of hydrogen-bond donors (Lipinski definition) is 2. The standard InChI is InChI=1S/C10H15FN4/c1-10(2)3-6(10)4-13-8-7(11)5-14-9(12)15-8/h5-6H,3-4H2,1-2H3,(H3,12,13,14,15). The first-order valence-electron chi connectivity index (χ1n) is 5.01. The van der Waals surface area contributed by atoms with Crippen LogP contribution in [0.3, 0.4) is 0 Å². The number of nitrogen functional groups attached to an aromatic ring is 1. The molecular weight excluding hydrogens is 195 g/mol. The highest BCUT2D eigenvalue weighted by molar-refractivity contribution is 5.39. The van der Waals surface area contributed by atoms with E-state index in [4.69, 9.17) is 5.73 Å². The van der Waals surface area contributed by atoms with Crippen molar-refractivity contribution in [2.24, 2.45) is 11.3 Å². The van der Waals surface area contributed by atoms with E-state index in [1.54, 1.807) is 0 Å². The van der Waals surface area contributed by atoms with Crippen molar-refractivity contribution >= 4 is 11.8 Å². The Morgan fingerprint density at radius 2 is 2.33 bits per heavy atom. The van der Waals surface area contributed by atoms with Crippen molar-refractivity contribution in [3.63, 3.8) is 0 Å². The molecule has 0 saturated heterocycles. The first-order valence-corrected chi connectivity index (χ1v) is 5.01. The van der Waals surface area contributed by atoms with E-state index in [1.165, 1.54) is 6.42 Å². The maximum absolute atomic E-state index is 13.2. The van der Waals surface area contributed by atoms with Gasteiger partial charge in [-0.05, 0) is 17.8 Å². The summed E-state index contributed by atoms with van der Waals surface area (Å²) in [5, 5.41) is 2.97. The normalized spacial score (nSPS) is 22.5. The second-order valence-electron chi connectivity index (χ2n) is 4.70. The molecular formula is C10H15FN4. The number of aromatic nitrogens is 2. The predicted octanol–water partition coefficient (Wildman–Crippen LogP) is 1.66. The summed E-state index contributed by atoms with van der Waals surface area (Å²) >= 11 is 0. The van der Waals surface area contributed by atoms with Crippen LogP contribution in [0.25, 0.3) is 0 Å². The van der Waals surface area contributed by atoms with E-state index in [9.17, 15) is 4.39 Å². The van der Waals surface area contributed by atoms with Gasteiger partial charge in [-0.25, -0.2) is 9.37 Å². The molecule has 0 bridgehead atoms. The Labute approximate surface area is 88.1 Å². The molecule has 1 heterocycles. The summed E-state index contributed by atoms with van der Waals surface area (Å²) in [5.41, 5.74) is 5.75. The molecule has 1 aliphatic carbocycles. The molecule has 15 heavy (non-hydrogen) atoms. The molecule has 4 nitrogen and oxygen atoms in total. The zero-order valence-corrected chi connectivity index (χ0v) is 8.92. The second kappa shape index (κ2) is 3.32. The van der Waals surface area contributed by atoms with Crippen LogP contribution in [0.15, 0.2) is 6.20 Å². The SMILES string of the molecule is CC1(C)CC1CNc1nc(N)ncc1F. The van der Waals surface area contributed by atoms with E-state index >= 15 is 0 Å². The second-order valence-corrected chi connectivity index (χ2v) is 4.70. The summed E-state index contributed by atoms with van der Waals surface area (Å²) < 4.78 is 13.2. The predicted molar refractivity (Wildman–Crippen MR) is 56.8 cm³/mol. The number of halogens is 1. The van der Waals surface area contributed by atoms with Crippen LogP contribution in [0.2, 0.25) is 0 Å². The number of nitrogens with one attached hydrogen (secondary N) is 1. The first kappa shape index (κ1) is 10.1. The molecule has 1 fully saturated rings.